The smallest absolute Gasteiger partial charge is 0.187 e. The van der Waals surface area contributed by atoms with Gasteiger partial charge in [0, 0.05) is 0 Å². The number of aliphatic hydroxyl groups is 14. The third-order valence-corrected chi connectivity index (χ3v) is 4.79. The van der Waals surface area contributed by atoms with Crippen LogP contribution in [0.4, 0.5) is 0 Å². The van der Waals surface area contributed by atoms with Gasteiger partial charge < -0.3 is 81.0 Å². The average molecular weight is 496 g/mol. The molecule has 1 aliphatic rings. The Morgan fingerprint density at radius 3 is 1.39 bits per heavy atom. The molecular formula is C17H36O16. The van der Waals surface area contributed by atoms with Gasteiger partial charge in [-0.2, -0.15) is 0 Å². The van der Waals surface area contributed by atoms with Crippen molar-refractivity contribution >= 4 is 0 Å². The molecule has 0 bridgehead atoms. The molecule has 1 fully saturated rings. The first kappa shape index (κ1) is 32.4. The van der Waals surface area contributed by atoms with Gasteiger partial charge in [-0.15, -0.1) is 0 Å². The van der Waals surface area contributed by atoms with E-state index in [1.54, 1.807) is 0 Å². The van der Waals surface area contributed by atoms with Crippen LogP contribution in [0.1, 0.15) is 0 Å². The van der Waals surface area contributed by atoms with Gasteiger partial charge in [0.15, 0.2) is 6.29 Å². The maximum absolute atomic E-state index is 9.83. The van der Waals surface area contributed by atoms with Gasteiger partial charge >= 0.3 is 0 Å². The van der Waals surface area contributed by atoms with Crippen molar-refractivity contribution in [1.82, 2.24) is 0 Å². The van der Waals surface area contributed by atoms with Crippen molar-refractivity contribution in [3.8, 4) is 0 Å². The zero-order chi connectivity index (χ0) is 25.9. The first-order chi connectivity index (χ1) is 15.4. The van der Waals surface area contributed by atoms with Gasteiger partial charge in [-0.25, -0.2) is 0 Å². The highest BCUT2D eigenvalue weighted by molar-refractivity contribution is 4.91. The molecule has 12 atom stereocenters. The van der Waals surface area contributed by atoms with Gasteiger partial charge in [0.2, 0.25) is 0 Å². The van der Waals surface area contributed by atoms with Gasteiger partial charge in [-0.3, -0.25) is 0 Å². The second kappa shape index (κ2) is 16.1. The molecule has 0 saturated carbocycles. The van der Waals surface area contributed by atoms with E-state index in [0.717, 1.165) is 0 Å². The molecule has 0 aromatic rings. The van der Waals surface area contributed by atoms with E-state index in [0.29, 0.717) is 0 Å². The summed E-state index contributed by atoms with van der Waals surface area (Å²) in [7, 11) is 0. The van der Waals surface area contributed by atoms with Gasteiger partial charge in [0.05, 0.1) is 33.0 Å². The van der Waals surface area contributed by atoms with E-state index < -0.39 is 106 Å². The Hall–Kier alpha value is -0.640. The maximum atomic E-state index is 9.83. The van der Waals surface area contributed by atoms with Crippen molar-refractivity contribution in [2.75, 3.05) is 33.0 Å². The zero-order valence-corrected chi connectivity index (χ0v) is 17.5. The Labute approximate surface area is 188 Å². The second-order valence-electron chi connectivity index (χ2n) is 7.28. The molecule has 1 saturated heterocycles. The van der Waals surface area contributed by atoms with Crippen LogP contribution in [-0.2, 0) is 9.47 Å². The minimum Gasteiger partial charge on any atom is -0.394 e. The summed E-state index contributed by atoms with van der Waals surface area (Å²) >= 11 is 0. The zero-order valence-electron chi connectivity index (χ0n) is 17.5. The molecule has 0 amide bonds. The molecule has 33 heavy (non-hydrogen) atoms. The molecular weight excluding hydrogens is 460 g/mol. The van der Waals surface area contributed by atoms with Crippen molar-refractivity contribution < 1.29 is 81.0 Å². The van der Waals surface area contributed by atoms with Crippen LogP contribution >= 0.6 is 0 Å². The summed E-state index contributed by atoms with van der Waals surface area (Å²) in [6.07, 6.45) is -19.4. The monoisotopic (exact) mass is 496 g/mol. The highest BCUT2D eigenvalue weighted by Crippen LogP contribution is 2.24. The molecule has 0 aromatic carbocycles. The van der Waals surface area contributed by atoms with E-state index in [2.05, 4.69) is 0 Å². The Morgan fingerprint density at radius 2 is 1.00 bits per heavy atom. The third kappa shape index (κ3) is 9.49. The maximum Gasteiger partial charge on any atom is 0.187 e. The number of ether oxygens (including phenoxy) is 2. The SMILES string of the molecule is OC[C@@H](O)[C@@H](O[C@H]1O[C@H](CO)[C@@H](O)[C@H](O)[C@H]1O)[C@H](O)[C@@H](O)CO.OC[C@@H](O)[C@H](O)[C@@H](O)CO. The summed E-state index contributed by atoms with van der Waals surface area (Å²) < 4.78 is 10.1. The lowest BCUT2D eigenvalue weighted by Crippen LogP contribution is -2.61. The molecule has 0 unspecified atom stereocenters. The van der Waals surface area contributed by atoms with Crippen LogP contribution in [0.2, 0.25) is 0 Å². The largest absolute Gasteiger partial charge is 0.394 e. The molecule has 0 spiro atoms. The normalized spacial score (nSPS) is 32.0. The summed E-state index contributed by atoms with van der Waals surface area (Å²) in [5.74, 6) is 0. The minimum atomic E-state index is -1.85. The van der Waals surface area contributed by atoms with Crippen LogP contribution in [0.5, 0.6) is 0 Å². The average Bonchev–Trinajstić information content (AvgIpc) is 2.84. The highest BCUT2D eigenvalue weighted by atomic mass is 16.7. The van der Waals surface area contributed by atoms with Crippen LogP contribution < -0.4 is 0 Å². The topological polar surface area (TPSA) is 302 Å². The summed E-state index contributed by atoms with van der Waals surface area (Å²) in [6, 6.07) is 0. The molecule has 0 aromatic heterocycles. The van der Waals surface area contributed by atoms with Crippen molar-refractivity contribution in [3.05, 3.63) is 0 Å². The van der Waals surface area contributed by atoms with Crippen molar-refractivity contribution in [2.45, 2.75) is 73.4 Å². The minimum absolute atomic E-state index is 0.641. The quantitative estimate of drug-likeness (QED) is 0.119. The van der Waals surface area contributed by atoms with Crippen molar-refractivity contribution in [2.24, 2.45) is 0 Å². The number of hydrogen-bond acceptors (Lipinski definition) is 16. The molecule has 1 heterocycles. The predicted molar refractivity (Wildman–Crippen MR) is 103 cm³/mol. The van der Waals surface area contributed by atoms with Crippen LogP contribution in [-0.4, -0.2) is 178 Å². The second-order valence-corrected chi connectivity index (χ2v) is 7.28. The fraction of sp³-hybridized carbons (Fsp3) is 1.00. The Balaban J connectivity index is 0.000000861. The summed E-state index contributed by atoms with van der Waals surface area (Å²) in [6.45, 7) is -3.73. The van der Waals surface area contributed by atoms with Crippen molar-refractivity contribution in [1.29, 1.82) is 0 Å². The standard InChI is InChI=1S/C12H24O11.C5H12O5/c13-1-4(16)7(18)11(5(17)2-14)23-12-10(21)9(20)8(19)6(3-15)22-12;6-1-3(8)5(10)4(9)2-7/h4-21H,1-3H2;3-10H,1-2H2/t4-,5+,6+,7+,8+,9-,10+,11+,12+;3-,4+,5+/m0./s1. The summed E-state index contributed by atoms with van der Waals surface area (Å²) in [4.78, 5) is 0. The first-order valence-electron chi connectivity index (χ1n) is 9.89. The number of hydrogen-bond donors (Lipinski definition) is 14. The molecule has 1 aliphatic heterocycles. The Bertz CT molecular complexity index is 488. The van der Waals surface area contributed by atoms with Gasteiger partial charge in [-0.1, -0.05) is 0 Å². The van der Waals surface area contributed by atoms with Gasteiger partial charge in [-0.05, 0) is 0 Å². The van der Waals surface area contributed by atoms with E-state index in [1.165, 1.54) is 0 Å². The summed E-state index contributed by atoms with van der Waals surface area (Å²) in [5, 5.41) is 127. The number of aliphatic hydroxyl groups excluding tert-OH is 14. The lowest BCUT2D eigenvalue weighted by atomic mass is 9.98. The van der Waals surface area contributed by atoms with E-state index >= 15 is 0 Å². The van der Waals surface area contributed by atoms with E-state index in [4.69, 9.17) is 50.3 Å². The molecule has 0 radical (unpaired) electrons. The Kier molecular flexibility index (Phi) is 15.8. The van der Waals surface area contributed by atoms with E-state index in [9.17, 15) is 30.6 Å². The summed E-state index contributed by atoms with van der Waals surface area (Å²) in [5.41, 5.74) is 0. The van der Waals surface area contributed by atoms with E-state index in [1.807, 2.05) is 0 Å². The molecule has 1 rings (SSSR count). The van der Waals surface area contributed by atoms with Crippen LogP contribution in [0.3, 0.4) is 0 Å². The van der Waals surface area contributed by atoms with Crippen LogP contribution in [0.25, 0.3) is 0 Å². The number of rotatable bonds is 12. The molecule has 16 heteroatoms. The lowest BCUT2D eigenvalue weighted by Gasteiger charge is -2.42. The molecule has 14 N–H and O–H groups in total. The predicted octanol–water partition coefficient (Wildman–Crippen LogP) is -8.71. The first-order valence-corrected chi connectivity index (χ1v) is 9.89. The van der Waals surface area contributed by atoms with Crippen LogP contribution in [0.15, 0.2) is 0 Å². The molecule has 16 nitrogen and oxygen atoms in total. The third-order valence-electron chi connectivity index (χ3n) is 4.79. The van der Waals surface area contributed by atoms with Crippen LogP contribution in [0, 0.1) is 0 Å². The van der Waals surface area contributed by atoms with Crippen molar-refractivity contribution in [3.63, 3.8) is 0 Å². The fourth-order valence-electron chi connectivity index (χ4n) is 2.64. The fourth-order valence-corrected chi connectivity index (χ4v) is 2.64. The molecule has 0 aliphatic carbocycles. The Morgan fingerprint density at radius 1 is 0.576 bits per heavy atom. The van der Waals surface area contributed by atoms with Gasteiger partial charge in [0.25, 0.3) is 0 Å². The lowest BCUT2D eigenvalue weighted by molar-refractivity contribution is -0.327. The molecule has 200 valence electrons. The van der Waals surface area contributed by atoms with Gasteiger partial charge in [0.1, 0.15) is 67.1 Å². The van der Waals surface area contributed by atoms with E-state index in [-0.39, 0.29) is 0 Å². The highest BCUT2D eigenvalue weighted by Gasteiger charge is 2.46.